The van der Waals surface area contributed by atoms with Crippen LogP contribution in [-0.2, 0) is 9.59 Å². The molecule has 0 aliphatic rings. The highest BCUT2D eigenvalue weighted by molar-refractivity contribution is 6.30. The number of rotatable bonds is 7. The molecule has 0 spiro atoms. The number of aliphatic carboxylic acids is 1. The minimum atomic E-state index is -1.09. The minimum absolute atomic E-state index is 0.130. The lowest BCUT2D eigenvalue weighted by atomic mass is 10.0. The molecule has 0 heterocycles. The average molecular weight is 327 g/mol. The number of carboxylic acid groups (broad SMARTS) is 1. The standard InChI is InChI=1S/C15H19ClN2O4/c1-9(2)7-12(15(21)22)18-13(19)8-17-14(20)10-3-5-11(16)6-4-10/h3-6,9,12H,7-8H2,1-2H3,(H,17,20)(H,18,19)(H,21,22)/t12-/m0/s1. The van der Waals surface area contributed by atoms with E-state index >= 15 is 0 Å². The summed E-state index contributed by atoms with van der Waals surface area (Å²) in [6.07, 6.45) is 0.326. The molecule has 0 saturated heterocycles. The van der Waals surface area contributed by atoms with Crippen LogP contribution in [0, 0.1) is 5.92 Å². The van der Waals surface area contributed by atoms with E-state index in [4.69, 9.17) is 16.7 Å². The Morgan fingerprint density at radius 1 is 1.18 bits per heavy atom. The fraction of sp³-hybridized carbons (Fsp3) is 0.400. The lowest BCUT2D eigenvalue weighted by molar-refractivity contribution is -0.142. The molecule has 7 heteroatoms. The number of benzene rings is 1. The van der Waals surface area contributed by atoms with Crippen LogP contribution in [0.5, 0.6) is 0 Å². The zero-order chi connectivity index (χ0) is 16.7. The van der Waals surface area contributed by atoms with Crippen LogP contribution in [-0.4, -0.2) is 35.5 Å². The maximum absolute atomic E-state index is 11.8. The molecule has 3 N–H and O–H groups in total. The van der Waals surface area contributed by atoms with E-state index < -0.39 is 23.8 Å². The summed E-state index contributed by atoms with van der Waals surface area (Å²) in [6, 6.07) is 5.25. The summed E-state index contributed by atoms with van der Waals surface area (Å²) < 4.78 is 0. The second-order valence-electron chi connectivity index (χ2n) is 5.28. The van der Waals surface area contributed by atoms with Gasteiger partial charge in [0.15, 0.2) is 0 Å². The number of amides is 2. The summed E-state index contributed by atoms with van der Waals surface area (Å²) >= 11 is 5.72. The van der Waals surface area contributed by atoms with E-state index in [1.54, 1.807) is 12.1 Å². The van der Waals surface area contributed by atoms with Crippen LogP contribution < -0.4 is 10.6 Å². The Kier molecular flexibility index (Phi) is 6.85. The van der Waals surface area contributed by atoms with Gasteiger partial charge in [-0.05, 0) is 36.6 Å². The van der Waals surface area contributed by atoms with Gasteiger partial charge in [0.05, 0.1) is 6.54 Å². The van der Waals surface area contributed by atoms with Crippen LogP contribution in [0.3, 0.4) is 0 Å². The average Bonchev–Trinajstić information content (AvgIpc) is 2.44. The zero-order valence-electron chi connectivity index (χ0n) is 12.4. The van der Waals surface area contributed by atoms with Crippen LogP contribution in [0.4, 0.5) is 0 Å². The van der Waals surface area contributed by atoms with Gasteiger partial charge in [-0.25, -0.2) is 4.79 Å². The van der Waals surface area contributed by atoms with Gasteiger partial charge >= 0.3 is 5.97 Å². The molecule has 0 radical (unpaired) electrons. The fourth-order valence-electron chi connectivity index (χ4n) is 1.80. The molecule has 1 aromatic rings. The van der Waals surface area contributed by atoms with Crippen molar-refractivity contribution in [2.45, 2.75) is 26.3 Å². The van der Waals surface area contributed by atoms with E-state index in [9.17, 15) is 14.4 Å². The van der Waals surface area contributed by atoms with Gasteiger partial charge in [-0.15, -0.1) is 0 Å². The van der Waals surface area contributed by atoms with Crippen molar-refractivity contribution in [3.05, 3.63) is 34.9 Å². The molecule has 22 heavy (non-hydrogen) atoms. The van der Waals surface area contributed by atoms with Crippen molar-refractivity contribution >= 4 is 29.4 Å². The number of halogens is 1. The normalized spacial score (nSPS) is 11.8. The largest absolute Gasteiger partial charge is 0.480 e. The molecule has 0 saturated carbocycles. The number of hydrogen-bond acceptors (Lipinski definition) is 3. The Morgan fingerprint density at radius 3 is 2.27 bits per heavy atom. The fourth-order valence-corrected chi connectivity index (χ4v) is 1.93. The summed E-state index contributed by atoms with van der Waals surface area (Å²) in [7, 11) is 0. The lowest BCUT2D eigenvalue weighted by Crippen LogP contribution is -2.46. The highest BCUT2D eigenvalue weighted by Gasteiger charge is 2.21. The molecular weight excluding hydrogens is 308 g/mol. The monoisotopic (exact) mass is 326 g/mol. The topological polar surface area (TPSA) is 95.5 Å². The van der Waals surface area contributed by atoms with Gasteiger partial charge in [0, 0.05) is 10.6 Å². The van der Waals surface area contributed by atoms with Crippen LogP contribution in [0.1, 0.15) is 30.6 Å². The van der Waals surface area contributed by atoms with Crippen molar-refractivity contribution in [1.82, 2.24) is 10.6 Å². The summed E-state index contributed by atoms with van der Waals surface area (Å²) in [5.41, 5.74) is 0.370. The quantitative estimate of drug-likeness (QED) is 0.710. The summed E-state index contributed by atoms with van der Waals surface area (Å²) in [6.45, 7) is 3.44. The van der Waals surface area contributed by atoms with Crippen molar-refractivity contribution in [2.24, 2.45) is 5.92 Å². The number of carboxylic acids is 1. The molecule has 0 aromatic heterocycles. The number of carbonyl (C=O) groups excluding carboxylic acids is 2. The van der Waals surface area contributed by atoms with Crippen molar-refractivity contribution in [3.8, 4) is 0 Å². The first kappa shape index (κ1) is 18.0. The Labute approximate surface area is 133 Å². The molecular formula is C15H19ClN2O4. The number of carbonyl (C=O) groups is 3. The number of nitrogens with one attached hydrogen (secondary N) is 2. The Morgan fingerprint density at radius 2 is 1.77 bits per heavy atom. The molecule has 1 aromatic carbocycles. The predicted molar refractivity (Wildman–Crippen MR) is 82.8 cm³/mol. The van der Waals surface area contributed by atoms with Crippen LogP contribution >= 0.6 is 11.6 Å². The smallest absolute Gasteiger partial charge is 0.326 e. The molecule has 1 atom stereocenters. The highest BCUT2D eigenvalue weighted by atomic mass is 35.5. The second-order valence-corrected chi connectivity index (χ2v) is 5.71. The second kappa shape index (κ2) is 8.38. The Bertz CT molecular complexity index is 543. The lowest BCUT2D eigenvalue weighted by Gasteiger charge is -2.16. The van der Waals surface area contributed by atoms with Gasteiger partial charge in [0.2, 0.25) is 5.91 Å². The molecule has 2 amide bonds. The van der Waals surface area contributed by atoms with Crippen molar-refractivity contribution < 1.29 is 19.5 Å². The summed E-state index contributed by atoms with van der Waals surface area (Å²) in [5, 5.41) is 14.4. The number of hydrogen-bond donors (Lipinski definition) is 3. The first-order valence-electron chi connectivity index (χ1n) is 6.85. The molecule has 120 valence electrons. The van der Waals surface area contributed by atoms with E-state index in [0.29, 0.717) is 17.0 Å². The van der Waals surface area contributed by atoms with Crippen LogP contribution in [0.25, 0.3) is 0 Å². The highest BCUT2D eigenvalue weighted by Crippen LogP contribution is 2.09. The SMILES string of the molecule is CC(C)C[C@H](NC(=O)CNC(=O)c1ccc(Cl)cc1)C(=O)O. The van der Waals surface area contributed by atoms with E-state index in [-0.39, 0.29) is 12.5 Å². The van der Waals surface area contributed by atoms with Gasteiger partial charge in [-0.3, -0.25) is 9.59 Å². The van der Waals surface area contributed by atoms with E-state index in [0.717, 1.165) is 0 Å². The molecule has 0 fully saturated rings. The molecule has 6 nitrogen and oxygen atoms in total. The first-order valence-corrected chi connectivity index (χ1v) is 7.23. The third-order valence-electron chi connectivity index (χ3n) is 2.86. The summed E-state index contributed by atoms with van der Waals surface area (Å²) in [4.78, 5) is 34.6. The molecule has 1 rings (SSSR count). The molecule has 0 aliphatic heterocycles. The third-order valence-corrected chi connectivity index (χ3v) is 3.11. The van der Waals surface area contributed by atoms with Crippen molar-refractivity contribution in [2.75, 3.05) is 6.54 Å². The van der Waals surface area contributed by atoms with Gasteiger partial charge in [0.1, 0.15) is 6.04 Å². The van der Waals surface area contributed by atoms with Crippen molar-refractivity contribution in [3.63, 3.8) is 0 Å². The predicted octanol–water partition coefficient (Wildman–Crippen LogP) is 1.69. The zero-order valence-corrected chi connectivity index (χ0v) is 13.2. The van der Waals surface area contributed by atoms with Gasteiger partial charge in [0.25, 0.3) is 5.91 Å². The van der Waals surface area contributed by atoms with E-state index in [1.807, 2.05) is 13.8 Å². The van der Waals surface area contributed by atoms with Crippen LogP contribution in [0.2, 0.25) is 5.02 Å². The first-order chi connectivity index (χ1) is 10.3. The van der Waals surface area contributed by atoms with Crippen molar-refractivity contribution in [1.29, 1.82) is 0 Å². The maximum Gasteiger partial charge on any atom is 0.326 e. The van der Waals surface area contributed by atoms with Crippen LogP contribution in [0.15, 0.2) is 24.3 Å². The van der Waals surface area contributed by atoms with E-state index in [1.165, 1.54) is 12.1 Å². The molecule has 0 unspecified atom stereocenters. The maximum atomic E-state index is 11.8. The van der Waals surface area contributed by atoms with Gasteiger partial charge in [-0.1, -0.05) is 25.4 Å². The molecule has 0 bridgehead atoms. The Balaban J connectivity index is 2.49. The van der Waals surface area contributed by atoms with Gasteiger partial charge < -0.3 is 15.7 Å². The third kappa shape index (κ3) is 6.13. The van der Waals surface area contributed by atoms with E-state index in [2.05, 4.69) is 10.6 Å². The minimum Gasteiger partial charge on any atom is -0.480 e. The van der Waals surface area contributed by atoms with Gasteiger partial charge in [-0.2, -0.15) is 0 Å². The summed E-state index contributed by atoms with van der Waals surface area (Å²) in [5.74, 6) is -1.94. The molecule has 0 aliphatic carbocycles. The Hall–Kier alpha value is -2.08.